The van der Waals surface area contributed by atoms with Crippen LogP contribution in [0.5, 0.6) is 0 Å². The van der Waals surface area contributed by atoms with Gasteiger partial charge in [0.05, 0.1) is 5.56 Å². The number of aldehydes is 1. The summed E-state index contributed by atoms with van der Waals surface area (Å²) < 4.78 is 0. The normalized spacial score (nSPS) is 10.4. The number of aryl methyl sites for hydroxylation is 1. The second-order valence-corrected chi connectivity index (χ2v) is 6.40. The highest BCUT2D eigenvalue weighted by Gasteiger charge is 2.14. The fourth-order valence-electron chi connectivity index (χ4n) is 2.66. The molecule has 3 N–H and O–H groups in total. The molecule has 1 heterocycles. The first kappa shape index (κ1) is 18.5. The molecule has 0 spiro atoms. The molecule has 0 saturated carbocycles. The first-order chi connectivity index (χ1) is 13.0. The third-order valence-corrected chi connectivity index (χ3v) is 4.48. The van der Waals surface area contributed by atoms with Crippen molar-refractivity contribution >= 4 is 41.0 Å². The number of hydrogen-bond donors (Lipinski definition) is 2. The molecule has 0 amide bonds. The number of hydrogen-bond acceptors (Lipinski definition) is 6. The number of nitrogens with zero attached hydrogens (tertiary/aromatic N) is 2. The molecule has 0 fully saturated rings. The Balaban J connectivity index is 1.86. The number of rotatable bonds is 6. The average Bonchev–Trinajstić information content (AvgIpc) is 2.66. The van der Waals surface area contributed by atoms with E-state index >= 15 is 0 Å². The highest BCUT2D eigenvalue weighted by Crippen LogP contribution is 2.29. The lowest BCUT2D eigenvalue weighted by molar-refractivity contribution is 0.0992. The summed E-state index contributed by atoms with van der Waals surface area (Å²) in [5, 5.41) is 3.50. The highest BCUT2D eigenvalue weighted by molar-refractivity contribution is 6.32. The van der Waals surface area contributed by atoms with Gasteiger partial charge in [0.2, 0.25) is 0 Å². The number of anilines is 3. The minimum absolute atomic E-state index is 0.00979. The van der Waals surface area contributed by atoms with Gasteiger partial charge in [0, 0.05) is 22.7 Å². The molecule has 7 heteroatoms. The van der Waals surface area contributed by atoms with Gasteiger partial charge in [0.1, 0.15) is 18.0 Å². The summed E-state index contributed by atoms with van der Waals surface area (Å²) in [4.78, 5) is 31.5. The van der Waals surface area contributed by atoms with Crippen molar-refractivity contribution in [3.63, 3.8) is 0 Å². The Hall–Kier alpha value is -3.25. The number of nitrogen functional groups attached to an aromatic ring is 1. The van der Waals surface area contributed by atoms with Gasteiger partial charge in [-0.25, -0.2) is 9.97 Å². The zero-order valence-electron chi connectivity index (χ0n) is 14.6. The number of ketones is 1. The summed E-state index contributed by atoms with van der Waals surface area (Å²) in [7, 11) is 0. The number of aromatic nitrogens is 2. The second-order valence-electron chi connectivity index (χ2n) is 5.99. The number of nitrogens with one attached hydrogen (secondary N) is 1. The molecule has 3 aromatic rings. The van der Waals surface area contributed by atoms with Gasteiger partial charge >= 0.3 is 0 Å². The van der Waals surface area contributed by atoms with E-state index in [1.54, 1.807) is 18.2 Å². The largest absolute Gasteiger partial charge is 0.383 e. The second kappa shape index (κ2) is 7.97. The Morgan fingerprint density at radius 1 is 1.22 bits per heavy atom. The van der Waals surface area contributed by atoms with Crippen molar-refractivity contribution in [3.8, 4) is 0 Å². The maximum atomic E-state index is 12.4. The third-order valence-electron chi connectivity index (χ3n) is 4.13. The Kier molecular flexibility index (Phi) is 5.47. The Morgan fingerprint density at radius 2 is 1.96 bits per heavy atom. The van der Waals surface area contributed by atoms with Crippen molar-refractivity contribution < 1.29 is 9.59 Å². The number of Topliss-reactive ketones (excluding diaryl/α,β-unsaturated/α-hetero) is 1. The van der Waals surface area contributed by atoms with Crippen LogP contribution in [0, 0.1) is 6.92 Å². The van der Waals surface area contributed by atoms with Crippen LogP contribution < -0.4 is 11.1 Å². The number of nitrogens with two attached hydrogens (primary N) is 1. The number of carbonyl (C=O) groups excluding carboxylic acids is 2. The molecule has 0 unspecified atom stereocenters. The summed E-state index contributed by atoms with van der Waals surface area (Å²) in [5.41, 5.74) is 8.76. The monoisotopic (exact) mass is 380 g/mol. The number of carbonyl (C=O) groups is 2. The molecule has 0 aliphatic carbocycles. The molecule has 2 aromatic carbocycles. The minimum Gasteiger partial charge on any atom is -0.383 e. The van der Waals surface area contributed by atoms with E-state index in [1.165, 1.54) is 6.33 Å². The maximum absolute atomic E-state index is 12.4. The van der Waals surface area contributed by atoms with Crippen molar-refractivity contribution in [3.05, 3.63) is 76.1 Å². The van der Waals surface area contributed by atoms with Crippen LogP contribution in [0.4, 0.5) is 17.3 Å². The predicted octanol–water partition coefficient (Wildman–Crippen LogP) is 4.00. The van der Waals surface area contributed by atoms with Gasteiger partial charge in [-0.1, -0.05) is 48.0 Å². The molecule has 0 saturated heterocycles. The summed E-state index contributed by atoms with van der Waals surface area (Å²) in [6, 6.07) is 12.6. The summed E-state index contributed by atoms with van der Waals surface area (Å²) in [5.74, 6) is 0.380. The van der Waals surface area contributed by atoms with Gasteiger partial charge < -0.3 is 11.1 Å². The zero-order chi connectivity index (χ0) is 19.4. The van der Waals surface area contributed by atoms with Crippen LogP contribution in [0.15, 0.2) is 48.8 Å². The standard InChI is InChI=1S/C20H17ClN4O2/c1-12-7-14(8-18(27)13-5-3-2-4-6-13)16(21)9-17(12)25-20-15(10-26)19(22)23-11-24-20/h2-7,9-11H,8H2,1H3,(H3,22,23,24,25). The maximum Gasteiger partial charge on any atom is 0.167 e. The average molecular weight is 381 g/mol. The number of benzene rings is 2. The molecule has 1 aromatic heterocycles. The smallest absolute Gasteiger partial charge is 0.167 e. The van der Waals surface area contributed by atoms with E-state index in [9.17, 15) is 9.59 Å². The van der Waals surface area contributed by atoms with E-state index in [0.29, 0.717) is 28.4 Å². The van der Waals surface area contributed by atoms with Gasteiger partial charge in [-0.05, 0) is 24.1 Å². The first-order valence-corrected chi connectivity index (χ1v) is 8.57. The molecule has 3 rings (SSSR count). The molecule has 0 bridgehead atoms. The van der Waals surface area contributed by atoms with E-state index < -0.39 is 0 Å². The van der Waals surface area contributed by atoms with Crippen LogP contribution in [0.25, 0.3) is 0 Å². The van der Waals surface area contributed by atoms with Gasteiger partial charge in [-0.15, -0.1) is 0 Å². The Morgan fingerprint density at radius 3 is 2.67 bits per heavy atom. The van der Waals surface area contributed by atoms with Crippen molar-refractivity contribution in [1.29, 1.82) is 0 Å². The Labute approximate surface area is 161 Å². The first-order valence-electron chi connectivity index (χ1n) is 8.19. The number of halogens is 1. The van der Waals surface area contributed by atoms with E-state index in [0.717, 1.165) is 11.1 Å². The van der Waals surface area contributed by atoms with Gasteiger partial charge in [-0.3, -0.25) is 9.59 Å². The lowest BCUT2D eigenvalue weighted by Crippen LogP contribution is -2.07. The van der Waals surface area contributed by atoms with E-state index in [4.69, 9.17) is 17.3 Å². The van der Waals surface area contributed by atoms with Gasteiger partial charge in [0.15, 0.2) is 12.1 Å². The molecule has 27 heavy (non-hydrogen) atoms. The zero-order valence-corrected chi connectivity index (χ0v) is 15.3. The van der Waals surface area contributed by atoms with E-state index in [-0.39, 0.29) is 23.6 Å². The lowest BCUT2D eigenvalue weighted by atomic mass is 10.0. The van der Waals surface area contributed by atoms with Crippen LogP contribution in [-0.2, 0) is 6.42 Å². The quantitative estimate of drug-likeness (QED) is 0.495. The fraction of sp³-hybridized carbons (Fsp3) is 0.100. The van der Waals surface area contributed by atoms with Crippen LogP contribution in [-0.4, -0.2) is 22.0 Å². The molecular weight excluding hydrogens is 364 g/mol. The fourth-order valence-corrected chi connectivity index (χ4v) is 2.89. The lowest BCUT2D eigenvalue weighted by Gasteiger charge is -2.14. The highest BCUT2D eigenvalue weighted by atomic mass is 35.5. The molecule has 136 valence electrons. The summed E-state index contributed by atoms with van der Waals surface area (Å²) in [6.45, 7) is 1.88. The van der Waals surface area contributed by atoms with Crippen molar-refractivity contribution in [2.24, 2.45) is 0 Å². The molecule has 0 radical (unpaired) electrons. The third kappa shape index (κ3) is 4.12. The molecule has 0 atom stereocenters. The molecule has 0 aliphatic heterocycles. The SMILES string of the molecule is Cc1cc(CC(=O)c2ccccc2)c(Cl)cc1Nc1ncnc(N)c1C=O. The van der Waals surface area contributed by atoms with Gasteiger partial charge in [0.25, 0.3) is 0 Å². The Bertz CT molecular complexity index is 1010. The van der Waals surface area contributed by atoms with Crippen LogP contribution in [0.1, 0.15) is 31.8 Å². The summed E-state index contributed by atoms with van der Waals surface area (Å²) >= 11 is 6.38. The summed E-state index contributed by atoms with van der Waals surface area (Å²) in [6.07, 6.45) is 2.07. The topological polar surface area (TPSA) is 98.0 Å². The van der Waals surface area contributed by atoms with E-state index in [1.807, 2.05) is 31.2 Å². The molecule has 6 nitrogen and oxygen atoms in total. The van der Waals surface area contributed by atoms with Crippen LogP contribution in [0.2, 0.25) is 5.02 Å². The minimum atomic E-state index is -0.00979. The van der Waals surface area contributed by atoms with Gasteiger partial charge in [-0.2, -0.15) is 0 Å². The molecule has 0 aliphatic rings. The van der Waals surface area contributed by atoms with E-state index in [2.05, 4.69) is 15.3 Å². The predicted molar refractivity (Wildman–Crippen MR) is 106 cm³/mol. The van der Waals surface area contributed by atoms with Crippen molar-refractivity contribution in [2.45, 2.75) is 13.3 Å². The van der Waals surface area contributed by atoms with Crippen LogP contribution >= 0.6 is 11.6 Å². The van der Waals surface area contributed by atoms with Crippen LogP contribution in [0.3, 0.4) is 0 Å². The molecular formula is C20H17ClN4O2. The van der Waals surface area contributed by atoms with Crippen molar-refractivity contribution in [1.82, 2.24) is 9.97 Å². The van der Waals surface area contributed by atoms with Crippen molar-refractivity contribution in [2.75, 3.05) is 11.1 Å².